The van der Waals surface area contributed by atoms with Crippen molar-refractivity contribution in [2.45, 2.75) is 32.9 Å². The molecule has 0 radical (unpaired) electrons. The average Bonchev–Trinajstić information content (AvgIpc) is 2.31. The third-order valence-electron chi connectivity index (χ3n) is 2.43. The van der Waals surface area contributed by atoms with Crippen LogP contribution in [0.2, 0.25) is 0 Å². The van der Waals surface area contributed by atoms with Gasteiger partial charge < -0.3 is 15.4 Å². The van der Waals surface area contributed by atoms with E-state index >= 15 is 0 Å². The van der Waals surface area contributed by atoms with Crippen LogP contribution in [0.3, 0.4) is 0 Å². The molecule has 0 fully saturated rings. The number of ether oxygens (including phenoxy) is 1. The quantitative estimate of drug-likeness (QED) is 0.808. The van der Waals surface area contributed by atoms with Crippen LogP contribution in [0.25, 0.3) is 0 Å². The molecule has 0 heterocycles. The molecule has 0 saturated heterocycles. The zero-order valence-electron chi connectivity index (χ0n) is 11.6. The molecule has 0 aliphatic heterocycles. The summed E-state index contributed by atoms with van der Waals surface area (Å²) < 4.78 is 6.69. The van der Waals surface area contributed by atoms with E-state index in [1.807, 2.05) is 39.1 Å². The van der Waals surface area contributed by atoms with Gasteiger partial charge in [-0.1, -0.05) is 15.9 Å². The molecule has 106 valence electrons. The van der Waals surface area contributed by atoms with Crippen LogP contribution in [0.1, 0.15) is 25.8 Å². The fourth-order valence-corrected chi connectivity index (χ4v) is 2.07. The number of nitrogens with one attached hydrogen (secondary N) is 2. The van der Waals surface area contributed by atoms with E-state index in [1.54, 1.807) is 0 Å². The van der Waals surface area contributed by atoms with Crippen LogP contribution in [0, 0.1) is 0 Å². The maximum Gasteiger partial charge on any atom is 0.223 e. The predicted molar refractivity (Wildman–Crippen MR) is 80.3 cm³/mol. The molecule has 5 heteroatoms. The Morgan fingerprint density at radius 1 is 1.42 bits per heavy atom. The van der Waals surface area contributed by atoms with Crippen LogP contribution in [0.15, 0.2) is 22.7 Å². The first-order chi connectivity index (χ1) is 9.02. The molecule has 0 aliphatic carbocycles. The standard InChI is InChI=1S/C14H21BrN2O2/c1-10(2)17-14(18)6-7-19-13-5-4-12(15)8-11(13)9-16-3/h4-5,8,10,16H,6-7,9H2,1-3H3,(H,17,18). The largest absolute Gasteiger partial charge is 0.493 e. The Balaban J connectivity index is 2.50. The summed E-state index contributed by atoms with van der Waals surface area (Å²) >= 11 is 3.44. The third-order valence-corrected chi connectivity index (χ3v) is 2.92. The van der Waals surface area contributed by atoms with Crippen molar-refractivity contribution in [3.8, 4) is 5.75 Å². The number of carbonyl (C=O) groups excluding carboxylic acids is 1. The Labute approximate surface area is 123 Å². The van der Waals surface area contributed by atoms with Crippen molar-refractivity contribution in [2.24, 2.45) is 0 Å². The van der Waals surface area contributed by atoms with Gasteiger partial charge in [0, 0.05) is 22.6 Å². The molecule has 0 aliphatic rings. The minimum Gasteiger partial charge on any atom is -0.493 e. The first-order valence-electron chi connectivity index (χ1n) is 6.38. The van der Waals surface area contributed by atoms with E-state index in [1.165, 1.54) is 0 Å². The summed E-state index contributed by atoms with van der Waals surface area (Å²) in [6, 6.07) is 6.03. The molecule has 1 rings (SSSR count). The van der Waals surface area contributed by atoms with Crippen LogP contribution in [-0.2, 0) is 11.3 Å². The second-order valence-corrected chi connectivity index (χ2v) is 5.52. The minimum absolute atomic E-state index is 0.0160. The van der Waals surface area contributed by atoms with Gasteiger partial charge in [-0.3, -0.25) is 4.79 Å². The highest BCUT2D eigenvalue weighted by Gasteiger charge is 2.06. The van der Waals surface area contributed by atoms with E-state index in [2.05, 4.69) is 26.6 Å². The van der Waals surface area contributed by atoms with E-state index in [0.717, 1.165) is 22.3 Å². The lowest BCUT2D eigenvalue weighted by molar-refractivity contribution is -0.122. The zero-order valence-corrected chi connectivity index (χ0v) is 13.2. The van der Waals surface area contributed by atoms with Gasteiger partial charge in [0.25, 0.3) is 0 Å². The Kier molecular flexibility index (Phi) is 6.87. The summed E-state index contributed by atoms with van der Waals surface area (Å²) in [4.78, 5) is 11.5. The molecule has 1 amide bonds. The Bertz CT molecular complexity index is 422. The molecule has 0 atom stereocenters. The van der Waals surface area contributed by atoms with Gasteiger partial charge in [0.2, 0.25) is 5.91 Å². The van der Waals surface area contributed by atoms with Crippen LogP contribution in [0.4, 0.5) is 0 Å². The highest BCUT2D eigenvalue weighted by Crippen LogP contribution is 2.23. The van der Waals surface area contributed by atoms with Crippen molar-refractivity contribution in [2.75, 3.05) is 13.7 Å². The summed E-state index contributed by atoms with van der Waals surface area (Å²) in [7, 11) is 1.89. The molecular weight excluding hydrogens is 308 g/mol. The number of benzene rings is 1. The Morgan fingerprint density at radius 3 is 2.79 bits per heavy atom. The minimum atomic E-state index is 0.0160. The van der Waals surface area contributed by atoms with Crippen LogP contribution >= 0.6 is 15.9 Å². The molecule has 0 spiro atoms. The van der Waals surface area contributed by atoms with Crippen molar-refractivity contribution >= 4 is 21.8 Å². The molecule has 0 aromatic heterocycles. The first kappa shape index (κ1) is 16.0. The highest BCUT2D eigenvalue weighted by atomic mass is 79.9. The number of rotatable bonds is 7. The molecule has 4 nitrogen and oxygen atoms in total. The molecule has 1 aromatic rings. The lowest BCUT2D eigenvalue weighted by Crippen LogP contribution is -2.31. The van der Waals surface area contributed by atoms with Gasteiger partial charge in [0.15, 0.2) is 0 Å². The van der Waals surface area contributed by atoms with Gasteiger partial charge in [-0.2, -0.15) is 0 Å². The Hall–Kier alpha value is -1.07. The lowest BCUT2D eigenvalue weighted by atomic mass is 10.2. The van der Waals surface area contributed by atoms with Gasteiger partial charge in [0.1, 0.15) is 5.75 Å². The average molecular weight is 329 g/mol. The second kappa shape index (κ2) is 8.17. The van der Waals surface area contributed by atoms with Gasteiger partial charge in [-0.15, -0.1) is 0 Å². The number of carbonyl (C=O) groups is 1. The molecule has 2 N–H and O–H groups in total. The maximum atomic E-state index is 11.5. The summed E-state index contributed by atoms with van der Waals surface area (Å²) in [6.45, 7) is 5.00. The maximum absolute atomic E-state index is 11.5. The first-order valence-corrected chi connectivity index (χ1v) is 7.17. The third kappa shape index (κ3) is 6.07. The molecule has 19 heavy (non-hydrogen) atoms. The monoisotopic (exact) mass is 328 g/mol. The summed E-state index contributed by atoms with van der Waals surface area (Å²) in [5, 5.41) is 5.94. The number of amides is 1. The van der Waals surface area contributed by atoms with Gasteiger partial charge in [-0.05, 0) is 39.1 Å². The fourth-order valence-electron chi connectivity index (χ4n) is 1.67. The van der Waals surface area contributed by atoms with Crippen molar-refractivity contribution in [3.63, 3.8) is 0 Å². The smallest absolute Gasteiger partial charge is 0.223 e. The van der Waals surface area contributed by atoms with E-state index in [0.29, 0.717) is 13.0 Å². The summed E-state index contributed by atoms with van der Waals surface area (Å²) in [5.74, 6) is 0.831. The van der Waals surface area contributed by atoms with Gasteiger partial charge in [-0.25, -0.2) is 0 Å². The van der Waals surface area contributed by atoms with Crippen molar-refractivity contribution in [1.29, 1.82) is 0 Å². The van der Waals surface area contributed by atoms with Crippen molar-refractivity contribution in [3.05, 3.63) is 28.2 Å². The fraction of sp³-hybridized carbons (Fsp3) is 0.500. The van der Waals surface area contributed by atoms with Gasteiger partial charge >= 0.3 is 0 Å². The summed E-state index contributed by atoms with van der Waals surface area (Å²) in [5.41, 5.74) is 1.07. The van der Waals surface area contributed by atoms with E-state index < -0.39 is 0 Å². The van der Waals surface area contributed by atoms with Crippen LogP contribution in [-0.4, -0.2) is 25.6 Å². The predicted octanol–water partition coefficient (Wildman–Crippen LogP) is 2.46. The van der Waals surface area contributed by atoms with E-state index in [9.17, 15) is 4.79 Å². The molecule has 0 saturated carbocycles. The number of halogens is 1. The van der Waals surface area contributed by atoms with Crippen LogP contribution in [0.5, 0.6) is 5.75 Å². The SMILES string of the molecule is CNCc1cc(Br)ccc1OCCC(=O)NC(C)C. The van der Waals surface area contributed by atoms with E-state index in [-0.39, 0.29) is 11.9 Å². The van der Waals surface area contributed by atoms with Crippen molar-refractivity contribution in [1.82, 2.24) is 10.6 Å². The van der Waals surface area contributed by atoms with Crippen LogP contribution < -0.4 is 15.4 Å². The Morgan fingerprint density at radius 2 is 2.16 bits per heavy atom. The molecular formula is C14H21BrN2O2. The molecule has 1 aromatic carbocycles. The van der Waals surface area contributed by atoms with E-state index in [4.69, 9.17) is 4.74 Å². The number of hydrogen-bond acceptors (Lipinski definition) is 3. The van der Waals surface area contributed by atoms with Crippen molar-refractivity contribution < 1.29 is 9.53 Å². The highest BCUT2D eigenvalue weighted by molar-refractivity contribution is 9.10. The summed E-state index contributed by atoms with van der Waals surface area (Å²) in [6.07, 6.45) is 0.368. The normalized spacial score (nSPS) is 10.6. The molecule has 0 unspecified atom stereocenters. The van der Waals surface area contributed by atoms with Gasteiger partial charge in [0.05, 0.1) is 13.0 Å². The topological polar surface area (TPSA) is 50.4 Å². The number of hydrogen-bond donors (Lipinski definition) is 2. The lowest BCUT2D eigenvalue weighted by Gasteiger charge is -2.12. The second-order valence-electron chi connectivity index (χ2n) is 4.60. The molecule has 0 bridgehead atoms. The zero-order chi connectivity index (χ0) is 14.3.